The van der Waals surface area contributed by atoms with E-state index in [2.05, 4.69) is 0 Å². The number of fused-ring (bicyclic) bond motifs is 1. The smallest absolute Gasteiger partial charge is 0.281 e. The zero-order valence-corrected chi connectivity index (χ0v) is 17.5. The molecule has 0 fully saturated rings. The molecule has 0 bridgehead atoms. The highest BCUT2D eigenvalue weighted by Gasteiger charge is 2.22. The van der Waals surface area contributed by atoms with Crippen LogP contribution in [0.15, 0.2) is 111 Å². The van der Waals surface area contributed by atoms with Gasteiger partial charge in [0, 0.05) is 17.6 Å². The first-order valence-electron chi connectivity index (χ1n) is 9.73. The maximum Gasteiger partial charge on any atom is 0.337 e. The molecule has 5 rings (SSSR count). The first-order valence-corrected chi connectivity index (χ1v) is 10.5. The van der Waals surface area contributed by atoms with Crippen LogP contribution >= 0.6 is 11.8 Å². The summed E-state index contributed by atoms with van der Waals surface area (Å²) in [7, 11) is 1.64. The lowest BCUT2D eigenvalue weighted by Gasteiger charge is -2.11. The maximum atomic E-state index is 13.6. The van der Waals surface area contributed by atoms with E-state index >= 15 is 0 Å². The van der Waals surface area contributed by atoms with Crippen molar-refractivity contribution in [3.63, 3.8) is 0 Å². The standard InChI is InChI=1S/C24H18N4O2S/c1-26-21-20(22(29)28(24(26)30)18-13-7-3-8-14-18)27(17-11-5-2-6-12-17)23(25-21)31-19-15-9-4-10-16-19/h2-16H,1H3. The van der Waals surface area contributed by atoms with Gasteiger partial charge in [-0.25, -0.2) is 14.3 Å². The molecule has 152 valence electrons. The van der Waals surface area contributed by atoms with Crippen LogP contribution in [-0.2, 0) is 7.05 Å². The van der Waals surface area contributed by atoms with E-state index < -0.39 is 11.2 Å². The average Bonchev–Trinajstić information content (AvgIpc) is 3.19. The van der Waals surface area contributed by atoms with Crippen molar-refractivity contribution in [1.29, 1.82) is 0 Å². The Hall–Kier alpha value is -3.84. The van der Waals surface area contributed by atoms with Crippen LogP contribution in [0.4, 0.5) is 0 Å². The van der Waals surface area contributed by atoms with Gasteiger partial charge >= 0.3 is 5.69 Å². The van der Waals surface area contributed by atoms with Crippen molar-refractivity contribution in [2.24, 2.45) is 7.05 Å². The van der Waals surface area contributed by atoms with Gasteiger partial charge in [-0.2, -0.15) is 0 Å². The third-order valence-electron chi connectivity index (χ3n) is 5.01. The molecule has 5 aromatic rings. The molecule has 3 aromatic carbocycles. The highest BCUT2D eigenvalue weighted by molar-refractivity contribution is 7.99. The van der Waals surface area contributed by atoms with Crippen LogP contribution in [-0.4, -0.2) is 18.7 Å². The Morgan fingerprint density at radius 3 is 1.81 bits per heavy atom. The van der Waals surface area contributed by atoms with Crippen molar-refractivity contribution < 1.29 is 0 Å². The van der Waals surface area contributed by atoms with Gasteiger partial charge in [-0.1, -0.05) is 66.4 Å². The lowest BCUT2D eigenvalue weighted by molar-refractivity contribution is 0.765. The third kappa shape index (κ3) is 3.29. The highest BCUT2D eigenvalue weighted by Crippen LogP contribution is 2.31. The molecule has 0 aliphatic carbocycles. The van der Waals surface area contributed by atoms with Gasteiger partial charge in [0.2, 0.25) is 0 Å². The lowest BCUT2D eigenvalue weighted by Crippen LogP contribution is -2.38. The molecule has 0 spiro atoms. The summed E-state index contributed by atoms with van der Waals surface area (Å²) in [5.74, 6) is 0. The Balaban J connectivity index is 1.87. The van der Waals surface area contributed by atoms with Crippen LogP contribution < -0.4 is 11.2 Å². The molecular formula is C24H18N4O2S. The second-order valence-corrected chi connectivity index (χ2v) is 8.01. The van der Waals surface area contributed by atoms with Crippen molar-refractivity contribution in [3.8, 4) is 11.4 Å². The molecule has 0 saturated heterocycles. The normalized spacial score (nSPS) is 11.1. The Bertz CT molecular complexity index is 1490. The van der Waals surface area contributed by atoms with Gasteiger partial charge in [0.1, 0.15) is 0 Å². The molecule has 0 radical (unpaired) electrons. The molecule has 7 heteroatoms. The number of aromatic nitrogens is 4. The topological polar surface area (TPSA) is 61.8 Å². The van der Waals surface area contributed by atoms with E-state index in [-0.39, 0.29) is 0 Å². The van der Waals surface area contributed by atoms with Crippen LogP contribution in [0.3, 0.4) is 0 Å². The Morgan fingerprint density at radius 2 is 1.23 bits per heavy atom. The molecular weight excluding hydrogens is 408 g/mol. The van der Waals surface area contributed by atoms with Crippen LogP contribution in [0.1, 0.15) is 0 Å². The van der Waals surface area contributed by atoms with Gasteiger partial charge in [0.25, 0.3) is 5.56 Å². The van der Waals surface area contributed by atoms with Gasteiger partial charge in [0.15, 0.2) is 16.3 Å². The minimum atomic E-state index is -0.433. The molecule has 0 unspecified atom stereocenters. The summed E-state index contributed by atoms with van der Waals surface area (Å²) in [5.41, 5.74) is 1.20. The summed E-state index contributed by atoms with van der Waals surface area (Å²) in [4.78, 5) is 32.4. The second kappa shape index (κ2) is 7.77. The fourth-order valence-electron chi connectivity index (χ4n) is 3.53. The number of benzene rings is 3. The van der Waals surface area contributed by atoms with Gasteiger partial charge in [-0.3, -0.25) is 13.9 Å². The molecule has 0 N–H and O–H groups in total. The van der Waals surface area contributed by atoms with E-state index in [9.17, 15) is 9.59 Å². The molecule has 0 amide bonds. The van der Waals surface area contributed by atoms with E-state index in [1.165, 1.54) is 20.9 Å². The Labute approximate surface area is 182 Å². The quantitative estimate of drug-likeness (QED) is 0.435. The van der Waals surface area contributed by atoms with Crippen LogP contribution in [0.5, 0.6) is 0 Å². The summed E-state index contributed by atoms with van der Waals surface area (Å²) in [6.07, 6.45) is 0. The van der Waals surface area contributed by atoms with Gasteiger partial charge < -0.3 is 0 Å². The second-order valence-electron chi connectivity index (χ2n) is 6.97. The molecule has 31 heavy (non-hydrogen) atoms. The Kier molecular flexibility index (Phi) is 4.80. The van der Waals surface area contributed by atoms with Crippen molar-refractivity contribution in [3.05, 3.63) is 112 Å². The molecule has 0 aliphatic rings. The number of hydrogen-bond acceptors (Lipinski definition) is 4. The molecule has 0 aliphatic heterocycles. The van der Waals surface area contributed by atoms with Gasteiger partial charge in [-0.15, -0.1) is 0 Å². The first kappa shape index (κ1) is 19.1. The molecule has 2 aromatic heterocycles. The summed E-state index contributed by atoms with van der Waals surface area (Å²) in [5, 5.41) is 0.616. The monoisotopic (exact) mass is 426 g/mol. The average molecular weight is 427 g/mol. The van der Waals surface area contributed by atoms with E-state index in [4.69, 9.17) is 4.98 Å². The number of nitrogens with zero attached hydrogens (tertiary/aromatic N) is 4. The summed E-state index contributed by atoms with van der Waals surface area (Å²) < 4.78 is 4.45. The fourth-order valence-corrected chi connectivity index (χ4v) is 4.46. The van der Waals surface area contributed by atoms with E-state index in [0.29, 0.717) is 22.0 Å². The van der Waals surface area contributed by atoms with Crippen molar-refractivity contribution in [2.75, 3.05) is 0 Å². The van der Waals surface area contributed by atoms with Crippen LogP contribution in [0.2, 0.25) is 0 Å². The number of rotatable bonds is 4. The van der Waals surface area contributed by atoms with Crippen LogP contribution in [0, 0.1) is 0 Å². The fraction of sp³-hybridized carbons (Fsp3) is 0.0417. The van der Waals surface area contributed by atoms with Crippen molar-refractivity contribution in [1.82, 2.24) is 18.7 Å². The summed E-state index contributed by atoms with van der Waals surface area (Å²) in [6.45, 7) is 0. The van der Waals surface area contributed by atoms with Crippen molar-refractivity contribution in [2.45, 2.75) is 10.1 Å². The number of hydrogen-bond donors (Lipinski definition) is 0. The maximum absolute atomic E-state index is 13.6. The van der Waals surface area contributed by atoms with Gasteiger partial charge in [-0.05, 0) is 36.4 Å². The highest BCUT2D eigenvalue weighted by atomic mass is 32.2. The van der Waals surface area contributed by atoms with Crippen molar-refractivity contribution >= 4 is 22.9 Å². The van der Waals surface area contributed by atoms with Crippen LogP contribution in [0.25, 0.3) is 22.5 Å². The summed E-state index contributed by atoms with van der Waals surface area (Å²) in [6, 6.07) is 28.4. The summed E-state index contributed by atoms with van der Waals surface area (Å²) >= 11 is 1.45. The molecule has 0 atom stereocenters. The largest absolute Gasteiger partial charge is 0.337 e. The minimum absolute atomic E-state index is 0.351. The third-order valence-corrected chi connectivity index (χ3v) is 5.98. The van der Waals surface area contributed by atoms with E-state index in [1.807, 2.05) is 71.3 Å². The molecule has 2 heterocycles. The lowest BCUT2D eigenvalue weighted by atomic mass is 10.3. The number of para-hydroxylation sites is 2. The van der Waals surface area contributed by atoms with Gasteiger partial charge in [0.05, 0.1) is 5.69 Å². The number of imidazole rings is 1. The van der Waals surface area contributed by atoms with E-state index in [1.54, 1.807) is 31.3 Å². The SMILES string of the molecule is Cn1c(=O)n(-c2ccccc2)c(=O)c2c1nc(Sc1ccccc1)n2-c1ccccc1. The predicted octanol–water partition coefficient (Wildman–Crippen LogP) is 4.03. The molecule has 6 nitrogen and oxygen atoms in total. The van der Waals surface area contributed by atoms with E-state index in [0.717, 1.165) is 10.6 Å². The zero-order chi connectivity index (χ0) is 21.4. The minimum Gasteiger partial charge on any atom is -0.281 e. The Morgan fingerprint density at radius 1 is 0.710 bits per heavy atom. The molecule has 0 saturated carbocycles. The number of aryl methyl sites for hydroxylation is 1. The first-order chi connectivity index (χ1) is 15.1. The predicted molar refractivity (Wildman–Crippen MR) is 122 cm³/mol. The zero-order valence-electron chi connectivity index (χ0n) is 16.7.